The summed E-state index contributed by atoms with van der Waals surface area (Å²) in [7, 11) is 0. The van der Waals surface area contributed by atoms with Gasteiger partial charge in [-0.3, -0.25) is 4.79 Å². The van der Waals surface area contributed by atoms with Gasteiger partial charge in [-0.1, -0.05) is 11.6 Å². The molecule has 0 unspecified atom stereocenters. The standard InChI is InChI=1S/C10H13ClN2O2/c1-7-8(4-5-9(11)12-7)13-10(15)3-2-6-14/h4-5,14H,2-3,6H2,1H3,(H,13,15). The summed E-state index contributed by atoms with van der Waals surface area (Å²) >= 11 is 5.68. The Bertz CT molecular complexity index is 355. The monoisotopic (exact) mass is 228 g/mol. The van der Waals surface area contributed by atoms with Crippen molar-refractivity contribution in [2.24, 2.45) is 0 Å². The van der Waals surface area contributed by atoms with Crippen LogP contribution in [-0.2, 0) is 4.79 Å². The van der Waals surface area contributed by atoms with E-state index < -0.39 is 0 Å². The van der Waals surface area contributed by atoms with E-state index in [1.54, 1.807) is 19.1 Å². The minimum absolute atomic E-state index is 0.0191. The van der Waals surface area contributed by atoms with Crippen molar-refractivity contribution in [1.82, 2.24) is 4.98 Å². The summed E-state index contributed by atoms with van der Waals surface area (Å²) in [6.07, 6.45) is 0.768. The molecular weight excluding hydrogens is 216 g/mol. The van der Waals surface area contributed by atoms with Crippen LogP contribution in [0, 0.1) is 6.92 Å². The summed E-state index contributed by atoms with van der Waals surface area (Å²) < 4.78 is 0. The van der Waals surface area contributed by atoms with Gasteiger partial charge < -0.3 is 10.4 Å². The number of hydrogen-bond donors (Lipinski definition) is 2. The first-order chi connectivity index (χ1) is 7.13. The zero-order chi connectivity index (χ0) is 11.3. The van der Waals surface area contributed by atoms with Crippen molar-refractivity contribution in [1.29, 1.82) is 0 Å². The van der Waals surface area contributed by atoms with Crippen LogP contribution in [-0.4, -0.2) is 22.6 Å². The third-order valence-electron chi connectivity index (χ3n) is 1.89. The number of aliphatic hydroxyl groups excluding tert-OH is 1. The molecule has 2 N–H and O–H groups in total. The second-order valence-corrected chi connectivity index (χ2v) is 3.53. The molecule has 1 heterocycles. The van der Waals surface area contributed by atoms with Crippen LogP contribution in [0.2, 0.25) is 5.15 Å². The van der Waals surface area contributed by atoms with Crippen LogP contribution in [0.1, 0.15) is 18.5 Å². The van der Waals surface area contributed by atoms with Gasteiger partial charge in [0.25, 0.3) is 0 Å². The summed E-state index contributed by atoms with van der Waals surface area (Å²) in [6, 6.07) is 3.33. The first-order valence-electron chi connectivity index (χ1n) is 4.67. The summed E-state index contributed by atoms with van der Waals surface area (Å²) in [5.74, 6) is -0.128. The van der Waals surface area contributed by atoms with Gasteiger partial charge in [-0.15, -0.1) is 0 Å². The van der Waals surface area contributed by atoms with Crippen LogP contribution in [0.4, 0.5) is 5.69 Å². The molecule has 0 aliphatic heterocycles. The average molecular weight is 229 g/mol. The molecule has 5 heteroatoms. The maximum Gasteiger partial charge on any atom is 0.224 e. The van der Waals surface area contributed by atoms with Gasteiger partial charge in [0.2, 0.25) is 5.91 Å². The van der Waals surface area contributed by atoms with Crippen molar-refractivity contribution in [2.75, 3.05) is 11.9 Å². The van der Waals surface area contributed by atoms with Gasteiger partial charge in [-0.05, 0) is 25.5 Å². The minimum atomic E-state index is -0.128. The van der Waals surface area contributed by atoms with Gasteiger partial charge in [-0.2, -0.15) is 0 Å². The fourth-order valence-electron chi connectivity index (χ4n) is 1.11. The molecule has 1 rings (SSSR count). The van der Waals surface area contributed by atoms with Crippen molar-refractivity contribution >= 4 is 23.2 Å². The van der Waals surface area contributed by atoms with E-state index in [2.05, 4.69) is 10.3 Å². The van der Waals surface area contributed by atoms with E-state index in [4.69, 9.17) is 16.7 Å². The Kier molecular flexibility index (Phi) is 4.52. The van der Waals surface area contributed by atoms with Crippen LogP contribution in [0.5, 0.6) is 0 Å². The van der Waals surface area contributed by atoms with Crippen LogP contribution < -0.4 is 5.32 Å². The number of nitrogens with zero attached hydrogens (tertiary/aromatic N) is 1. The Hall–Kier alpha value is -1.13. The quantitative estimate of drug-likeness (QED) is 0.772. The highest BCUT2D eigenvalue weighted by Crippen LogP contribution is 2.15. The molecule has 0 saturated heterocycles. The van der Waals surface area contributed by atoms with Crippen molar-refractivity contribution in [3.8, 4) is 0 Å². The number of aryl methyl sites for hydroxylation is 1. The predicted molar refractivity (Wildman–Crippen MR) is 58.9 cm³/mol. The van der Waals surface area contributed by atoms with E-state index >= 15 is 0 Å². The van der Waals surface area contributed by atoms with E-state index in [-0.39, 0.29) is 12.5 Å². The first-order valence-corrected chi connectivity index (χ1v) is 5.05. The summed E-state index contributed by atoms with van der Waals surface area (Å²) in [5, 5.41) is 11.7. The number of carbonyl (C=O) groups is 1. The number of amides is 1. The Morgan fingerprint density at radius 3 is 2.93 bits per heavy atom. The maximum atomic E-state index is 11.3. The molecule has 0 aliphatic carbocycles. The number of halogens is 1. The largest absolute Gasteiger partial charge is 0.396 e. The smallest absolute Gasteiger partial charge is 0.224 e. The Morgan fingerprint density at radius 2 is 2.33 bits per heavy atom. The molecule has 0 saturated carbocycles. The molecule has 0 aliphatic rings. The molecule has 0 spiro atoms. The highest BCUT2D eigenvalue weighted by Gasteiger charge is 2.05. The second kappa shape index (κ2) is 5.68. The number of rotatable bonds is 4. The van der Waals surface area contributed by atoms with Gasteiger partial charge >= 0.3 is 0 Å². The van der Waals surface area contributed by atoms with Crippen molar-refractivity contribution in [2.45, 2.75) is 19.8 Å². The molecule has 0 fully saturated rings. The lowest BCUT2D eigenvalue weighted by atomic mass is 10.2. The molecule has 0 atom stereocenters. The summed E-state index contributed by atoms with van der Waals surface area (Å²) in [6.45, 7) is 1.79. The van der Waals surface area contributed by atoms with E-state index in [0.717, 1.165) is 0 Å². The van der Waals surface area contributed by atoms with E-state index in [9.17, 15) is 4.79 Å². The Balaban J connectivity index is 2.60. The fraction of sp³-hybridized carbons (Fsp3) is 0.400. The van der Waals surface area contributed by atoms with Gasteiger partial charge in [0.15, 0.2) is 0 Å². The lowest BCUT2D eigenvalue weighted by Gasteiger charge is -2.07. The third-order valence-corrected chi connectivity index (χ3v) is 2.10. The zero-order valence-electron chi connectivity index (χ0n) is 8.46. The SMILES string of the molecule is Cc1nc(Cl)ccc1NC(=O)CCCO. The minimum Gasteiger partial charge on any atom is -0.396 e. The average Bonchev–Trinajstić information content (AvgIpc) is 2.19. The normalized spacial score (nSPS) is 10.1. The van der Waals surface area contributed by atoms with E-state index in [0.29, 0.717) is 29.4 Å². The molecule has 0 aromatic carbocycles. The summed E-state index contributed by atoms with van der Waals surface area (Å²) in [5.41, 5.74) is 1.34. The molecule has 0 bridgehead atoms. The molecule has 0 radical (unpaired) electrons. The number of nitrogens with one attached hydrogen (secondary N) is 1. The van der Waals surface area contributed by atoms with Crippen molar-refractivity contribution in [3.63, 3.8) is 0 Å². The van der Waals surface area contributed by atoms with Gasteiger partial charge in [0.05, 0.1) is 11.4 Å². The number of carbonyl (C=O) groups excluding carboxylic acids is 1. The maximum absolute atomic E-state index is 11.3. The Morgan fingerprint density at radius 1 is 1.60 bits per heavy atom. The van der Waals surface area contributed by atoms with E-state index in [1.807, 2.05) is 0 Å². The number of anilines is 1. The topological polar surface area (TPSA) is 62.2 Å². The van der Waals surface area contributed by atoms with Crippen LogP contribution in [0.25, 0.3) is 0 Å². The van der Waals surface area contributed by atoms with Gasteiger partial charge in [0, 0.05) is 13.0 Å². The fourth-order valence-corrected chi connectivity index (χ4v) is 1.30. The third kappa shape index (κ3) is 3.85. The lowest BCUT2D eigenvalue weighted by molar-refractivity contribution is -0.116. The van der Waals surface area contributed by atoms with Crippen molar-refractivity contribution in [3.05, 3.63) is 23.0 Å². The highest BCUT2D eigenvalue weighted by atomic mass is 35.5. The van der Waals surface area contributed by atoms with Crippen LogP contribution in [0.3, 0.4) is 0 Å². The zero-order valence-corrected chi connectivity index (χ0v) is 9.21. The number of aliphatic hydroxyl groups is 1. The van der Waals surface area contributed by atoms with Crippen LogP contribution >= 0.6 is 11.6 Å². The molecule has 82 valence electrons. The molecule has 1 amide bonds. The van der Waals surface area contributed by atoms with Gasteiger partial charge in [0.1, 0.15) is 5.15 Å². The molecule has 4 nitrogen and oxygen atoms in total. The van der Waals surface area contributed by atoms with Crippen LogP contribution in [0.15, 0.2) is 12.1 Å². The lowest BCUT2D eigenvalue weighted by Crippen LogP contribution is -2.13. The molecule has 1 aromatic rings. The number of aromatic nitrogens is 1. The number of pyridine rings is 1. The first kappa shape index (κ1) is 11.9. The molecule has 1 aromatic heterocycles. The van der Waals surface area contributed by atoms with E-state index in [1.165, 1.54) is 0 Å². The summed E-state index contributed by atoms with van der Waals surface area (Å²) in [4.78, 5) is 15.3. The molecular formula is C10H13ClN2O2. The molecule has 15 heavy (non-hydrogen) atoms. The van der Waals surface area contributed by atoms with Crippen molar-refractivity contribution < 1.29 is 9.90 Å². The van der Waals surface area contributed by atoms with Gasteiger partial charge in [-0.25, -0.2) is 4.98 Å². The highest BCUT2D eigenvalue weighted by molar-refractivity contribution is 6.29. The Labute approximate surface area is 93.3 Å². The predicted octanol–water partition coefficient (Wildman–Crippen LogP) is 1.75. The number of hydrogen-bond acceptors (Lipinski definition) is 3. The second-order valence-electron chi connectivity index (χ2n) is 3.14.